The maximum absolute atomic E-state index is 9.30. The summed E-state index contributed by atoms with van der Waals surface area (Å²) in [4.78, 5) is 0. The van der Waals surface area contributed by atoms with E-state index in [1.165, 1.54) is 5.56 Å². The highest BCUT2D eigenvalue weighted by molar-refractivity contribution is 6.59. The molecule has 2 rings (SSSR count). The Labute approximate surface area is 113 Å². The van der Waals surface area contributed by atoms with E-state index in [0.717, 1.165) is 16.9 Å². The topological polar surface area (TPSA) is 49.7 Å². The average Bonchev–Trinajstić information content (AvgIpc) is 2.40. The minimum Gasteiger partial charge on any atom is -0.489 e. The van der Waals surface area contributed by atoms with Gasteiger partial charge in [-0.25, -0.2) is 0 Å². The summed E-state index contributed by atoms with van der Waals surface area (Å²) in [7, 11) is -1.47. The Bertz CT molecular complexity index is 567. The minimum atomic E-state index is -1.47. The van der Waals surface area contributed by atoms with Gasteiger partial charge in [-0.3, -0.25) is 0 Å². The van der Waals surface area contributed by atoms with Gasteiger partial charge in [-0.15, -0.1) is 0 Å². The first-order chi connectivity index (χ1) is 9.09. The second-order valence-electron chi connectivity index (χ2n) is 4.56. The summed E-state index contributed by atoms with van der Waals surface area (Å²) in [6, 6.07) is 13.1. The molecule has 0 unspecified atom stereocenters. The van der Waals surface area contributed by atoms with Gasteiger partial charge in [0.25, 0.3) is 0 Å². The lowest BCUT2D eigenvalue weighted by Crippen LogP contribution is -2.33. The van der Waals surface area contributed by atoms with Crippen LogP contribution in [0.2, 0.25) is 0 Å². The molecule has 19 heavy (non-hydrogen) atoms. The van der Waals surface area contributed by atoms with Crippen molar-refractivity contribution in [3.8, 4) is 5.75 Å². The van der Waals surface area contributed by atoms with Crippen LogP contribution in [0.25, 0.3) is 0 Å². The van der Waals surface area contributed by atoms with E-state index >= 15 is 0 Å². The van der Waals surface area contributed by atoms with Crippen molar-refractivity contribution in [1.82, 2.24) is 0 Å². The van der Waals surface area contributed by atoms with Crippen molar-refractivity contribution in [1.29, 1.82) is 0 Å². The largest absolute Gasteiger partial charge is 0.489 e. The van der Waals surface area contributed by atoms with Crippen LogP contribution < -0.4 is 10.2 Å². The van der Waals surface area contributed by atoms with Crippen LogP contribution in [0.3, 0.4) is 0 Å². The molecular formula is C15H17BO3. The summed E-state index contributed by atoms with van der Waals surface area (Å²) in [5, 5.41) is 18.6. The number of hydrogen-bond acceptors (Lipinski definition) is 3. The van der Waals surface area contributed by atoms with Gasteiger partial charge in [0.15, 0.2) is 0 Å². The lowest BCUT2D eigenvalue weighted by Gasteiger charge is -2.13. The van der Waals surface area contributed by atoms with Crippen LogP contribution in [-0.4, -0.2) is 17.2 Å². The lowest BCUT2D eigenvalue weighted by atomic mass is 9.77. The van der Waals surface area contributed by atoms with Gasteiger partial charge in [-0.2, -0.15) is 0 Å². The Morgan fingerprint density at radius 2 is 1.74 bits per heavy atom. The van der Waals surface area contributed by atoms with Gasteiger partial charge < -0.3 is 14.8 Å². The predicted molar refractivity (Wildman–Crippen MR) is 76.5 cm³/mol. The molecule has 2 N–H and O–H groups in total. The van der Waals surface area contributed by atoms with Crippen LogP contribution in [0.15, 0.2) is 42.5 Å². The highest BCUT2D eigenvalue weighted by atomic mass is 16.5. The van der Waals surface area contributed by atoms with Crippen LogP contribution in [0.5, 0.6) is 5.75 Å². The van der Waals surface area contributed by atoms with E-state index in [0.29, 0.717) is 12.1 Å². The highest BCUT2D eigenvalue weighted by Gasteiger charge is 2.15. The Hall–Kier alpha value is -1.78. The van der Waals surface area contributed by atoms with Gasteiger partial charge in [0.2, 0.25) is 0 Å². The molecule has 0 atom stereocenters. The summed E-state index contributed by atoms with van der Waals surface area (Å²) in [6.07, 6.45) is 0. The molecule has 0 aliphatic heterocycles. The van der Waals surface area contributed by atoms with E-state index in [1.54, 1.807) is 12.1 Å². The van der Waals surface area contributed by atoms with Crippen molar-refractivity contribution >= 4 is 12.6 Å². The third-order valence-electron chi connectivity index (χ3n) is 3.27. The van der Waals surface area contributed by atoms with E-state index in [9.17, 15) is 10.0 Å². The standard InChI is InChI=1S/C15H17BO3/c1-11-6-5-9-15(12(11)2)19-10-13-7-3-4-8-14(13)16(17)18/h3-9,17-18H,10H2,1-2H3. The molecule has 0 bridgehead atoms. The normalized spacial score (nSPS) is 10.3. The maximum Gasteiger partial charge on any atom is 0.488 e. The molecule has 4 heteroatoms. The number of rotatable bonds is 4. The van der Waals surface area contributed by atoms with Gasteiger partial charge >= 0.3 is 7.12 Å². The first-order valence-electron chi connectivity index (χ1n) is 6.22. The molecule has 0 fully saturated rings. The molecule has 2 aromatic carbocycles. The molecule has 0 heterocycles. The van der Waals surface area contributed by atoms with Gasteiger partial charge in [-0.05, 0) is 42.1 Å². The van der Waals surface area contributed by atoms with Crippen LogP contribution in [-0.2, 0) is 6.61 Å². The molecule has 0 amide bonds. The van der Waals surface area contributed by atoms with E-state index in [-0.39, 0.29) is 0 Å². The zero-order valence-electron chi connectivity index (χ0n) is 11.1. The van der Waals surface area contributed by atoms with E-state index in [1.807, 2.05) is 44.2 Å². The number of benzene rings is 2. The first kappa shape index (κ1) is 13.7. The third-order valence-corrected chi connectivity index (χ3v) is 3.27. The smallest absolute Gasteiger partial charge is 0.488 e. The first-order valence-corrected chi connectivity index (χ1v) is 6.22. The third kappa shape index (κ3) is 3.16. The molecule has 3 nitrogen and oxygen atoms in total. The molecule has 0 saturated heterocycles. The number of aryl methyl sites for hydroxylation is 1. The van der Waals surface area contributed by atoms with Crippen molar-refractivity contribution in [2.24, 2.45) is 0 Å². The molecule has 0 aliphatic rings. The number of ether oxygens (including phenoxy) is 1. The van der Waals surface area contributed by atoms with Gasteiger partial charge in [0, 0.05) is 0 Å². The van der Waals surface area contributed by atoms with E-state index in [4.69, 9.17) is 4.74 Å². The second-order valence-corrected chi connectivity index (χ2v) is 4.56. The highest BCUT2D eigenvalue weighted by Crippen LogP contribution is 2.21. The SMILES string of the molecule is Cc1cccc(OCc2ccccc2B(O)O)c1C. The van der Waals surface area contributed by atoms with Crippen molar-refractivity contribution in [2.45, 2.75) is 20.5 Å². The zero-order chi connectivity index (χ0) is 13.8. The molecule has 0 radical (unpaired) electrons. The van der Waals surface area contributed by atoms with Gasteiger partial charge in [0.05, 0.1) is 0 Å². The molecular weight excluding hydrogens is 239 g/mol. The second kappa shape index (κ2) is 5.91. The van der Waals surface area contributed by atoms with Crippen molar-refractivity contribution in [2.75, 3.05) is 0 Å². The quantitative estimate of drug-likeness (QED) is 0.816. The summed E-state index contributed by atoms with van der Waals surface area (Å²) < 4.78 is 5.77. The Morgan fingerprint density at radius 3 is 2.47 bits per heavy atom. The predicted octanol–water partition coefficient (Wildman–Crippen LogP) is 1.56. The lowest BCUT2D eigenvalue weighted by molar-refractivity contribution is 0.304. The Kier molecular flexibility index (Phi) is 4.25. The van der Waals surface area contributed by atoms with Crippen LogP contribution in [0, 0.1) is 13.8 Å². The van der Waals surface area contributed by atoms with E-state index in [2.05, 4.69) is 0 Å². The van der Waals surface area contributed by atoms with Crippen LogP contribution in [0.1, 0.15) is 16.7 Å². The Balaban J connectivity index is 2.17. The van der Waals surface area contributed by atoms with Crippen molar-refractivity contribution in [3.63, 3.8) is 0 Å². The van der Waals surface area contributed by atoms with Gasteiger partial charge in [-0.1, -0.05) is 36.4 Å². The molecule has 0 spiro atoms. The van der Waals surface area contributed by atoms with Crippen LogP contribution >= 0.6 is 0 Å². The molecule has 98 valence electrons. The zero-order valence-corrected chi connectivity index (χ0v) is 11.1. The molecule has 0 saturated carbocycles. The summed E-state index contributed by atoms with van der Waals surface area (Å²) >= 11 is 0. The molecule has 2 aromatic rings. The monoisotopic (exact) mass is 256 g/mol. The fraction of sp³-hybridized carbons (Fsp3) is 0.200. The molecule has 0 aliphatic carbocycles. The van der Waals surface area contributed by atoms with Crippen LogP contribution in [0.4, 0.5) is 0 Å². The number of hydrogen-bond donors (Lipinski definition) is 2. The van der Waals surface area contributed by atoms with Gasteiger partial charge in [0.1, 0.15) is 12.4 Å². The van der Waals surface area contributed by atoms with E-state index < -0.39 is 7.12 Å². The summed E-state index contributed by atoms with van der Waals surface area (Å²) in [6.45, 7) is 4.36. The fourth-order valence-corrected chi connectivity index (χ4v) is 1.95. The van der Waals surface area contributed by atoms with Crippen molar-refractivity contribution in [3.05, 3.63) is 59.2 Å². The minimum absolute atomic E-state index is 0.318. The summed E-state index contributed by atoms with van der Waals surface area (Å²) in [5.74, 6) is 0.822. The average molecular weight is 256 g/mol. The Morgan fingerprint density at radius 1 is 1.00 bits per heavy atom. The van der Waals surface area contributed by atoms with Crippen molar-refractivity contribution < 1.29 is 14.8 Å². The summed E-state index contributed by atoms with van der Waals surface area (Å²) in [5.41, 5.74) is 3.53. The fourth-order valence-electron chi connectivity index (χ4n) is 1.95. The maximum atomic E-state index is 9.30. The molecule has 0 aromatic heterocycles.